The minimum Gasteiger partial charge on any atom is -0.485 e. The molecule has 0 saturated heterocycles. The Morgan fingerprint density at radius 2 is 1.91 bits per heavy atom. The van der Waals surface area contributed by atoms with E-state index in [0.29, 0.717) is 12.0 Å². The fraction of sp³-hybridized carbons (Fsp3) is 0.211. The number of fused-ring (bicyclic) bond motifs is 1. The molecule has 1 aliphatic heterocycles. The van der Waals surface area contributed by atoms with Crippen molar-refractivity contribution < 1.29 is 14.6 Å². The lowest BCUT2D eigenvalue weighted by Gasteiger charge is -2.26. The minimum atomic E-state index is -0.912. The van der Waals surface area contributed by atoms with Crippen LogP contribution in [0.15, 0.2) is 54.1 Å². The number of hydrogen-bond acceptors (Lipinski definition) is 2. The molecule has 0 amide bonds. The van der Waals surface area contributed by atoms with Crippen LogP contribution < -0.4 is 4.74 Å². The third-order valence-corrected chi connectivity index (χ3v) is 3.95. The van der Waals surface area contributed by atoms with Gasteiger partial charge in [0.1, 0.15) is 11.9 Å². The summed E-state index contributed by atoms with van der Waals surface area (Å²) < 4.78 is 6.01. The van der Waals surface area contributed by atoms with Crippen LogP contribution in [-0.2, 0) is 11.2 Å². The number of aliphatic carboxylic acids is 1. The summed E-state index contributed by atoms with van der Waals surface area (Å²) in [7, 11) is 0. The van der Waals surface area contributed by atoms with E-state index in [4.69, 9.17) is 4.74 Å². The molecule has 3 nitrogen and oxygen atoms in total. The minimum absolute atomic E-state index is 0.328. The third-order valence-electron chi connectivity index (χ3n) is 3.95. The number of rotatable bonds is 4. The van der Waals surface area contributed by atoms with E-state index in [1.165, 1.54) is 5.56 Å². The van der Waals surface area contributed by atoms with Gasteiger partial charge < -0.3 is 9.84 Å². The van der Waals surface area contributed by atoms with E-state index in [1.807, 2.05) is 55.5 Å². The summed E-state index contributed by atoms with van der Waals surface area (Å²) in [4.78, 5) is 11.5. The van der Waals surface area contributed by atoms with Crippen molar-refractivity contribution in [2.75, 3.05) is 0 Å². The van der Waals surface area contributed by atoms with Crippen LogP contribution in [-0.4, -0.2) is 17.2 Å². The van der Waals surface area contributed by atoms with E-state index in [2.05, 4.69) is 0 Å². The second-order valence-electron chi connectivity index (χ2n) is 5.53. The molecule has 0 aliphatic carbocycles. The Hall–Kier alpha value is -2.55. The molecular formula is C19H18O3. The number of carboxylic acids is 1. The lowest BCUT2D eigenvalue weighted by atomic mass is 9.95. The Balaban J connectivity index is 1.85. The zero-order valence-corrected chi connectivity index (χ0v) is 12.5. The first kappa shape index (κ1) is 14.4. The zero-order chi connectivity index (χ0) is 15.5. The quantitative estimate of drug-likeness (QED) is 0.931. The monoisotopic (exact) mass is 294 g/mol. The molecule has 3 heteroatoms. The van der Waals surface area contributed by atoms with E-state index in [0.717, 1.165) is 23.3 Å². The van der Waals surface area contributed by atoms with Crippen molar-refractivity contribution in [1.29, 1.82) is 0 Å². The number of hydrogen-bond donors (Lipinski definition) is 1. The van der Waals surface area contributed by atoms with Crippen molar-refractivity contribution in [3.63, 3.8) is 0 Å². The predicted octanol–water partition coefficient (Wildman–Crippen LogP) is 3.86. The molecule has 1 N–H and O–H groups in total. The van der Waals surface area contributed by atoms with Gasteiger partial charge in [0.25, 0.3) is 0 Å². The summed E-state index contributed by atoms with van der Waals surface area (Å²) in [6, 6.07) is 15.8. The Morgan fingerprint density at radius 1 is 1.14 bits per heavy atom. The largest absolute Gasteiger partial charge is 0.485 e. The molecule has 2 aromatic carbocycles. The van der Waals surface area contributed by atoms with Crippen LogP contribution in [0.1, 0.15) is 23.1 Å². The summed E-state index contributed by atoms with van der Waals surface area (Å²) in [5.41, 5.74) is 3.39. The van der Waals surface area contributed by atoms with Crippen molar-refractivity contribution in [1.82, 2.24) is 0 Å². The molecule has 0 fully saturated rings. The van der Waals surface area contributed by atoms with Crippen LogP contribution in [0, 0.1) is 6.92 Å². The van der Waals surface area contributed by atoms with Crippen LogP contribution in [0.3, 0.4) is 0 Å². The lowest BCUT2D eigenvalue weighted by Crippen LogP contribution is -2.28. The maximum Gasteiger partial charge on any atom is 0.335 e. The molecule has 22 heavy (non-hydrogen) atoms. The highest BCUT2D eigenvalue weighted by Crippen LogP contribution is 2.34. The Labute approximate surface area is 129 Å². The standard InChI is InChI=1S/C19H18O3/c1-13-6-5-9-15-12-16(19(20)21)17(22-18(13)15)11-10-14-7-3-2-4-8-14/h2-9,12,17H,10-11H2,1H3,(H,20,21). The van der Waals surface area contributed by atoms with E-state index in [9.17, 15) is 9.90 Å². The molecule has 0 bridgehead atoms. The first-order valence-corrected chi connectivity index (χ1v) is 7.40. The van der Waals surface area contributed by atoms with Crippen LogP contribution in [0.25, 0.3) is 6.08 Å². The van der Waals surface area contributed by atoms with Gasteiger partial charge in [0, 0.05) is 5.56 Å². The number of para-hydroxylation sites is 1. The highest BCUT2D eigenvalue weighted by atomic mass is 16.5. The highest BCUT2D eigenvalue weighted by Gasteiger charge is 2.28. The fourth-order valence-corrected chi connectivity index (χ4v) is 2.77. The maximum absolute atomic E-state index is 11.5. The number of carboxylic acid groups (broad SMARTS) is 1. The van der Waals surface area contributed by atoms with Gasteiger partial charge in [-0.2, -0.15) is 0 Å². The molecule has 3 rings (SSSR count). The van der Waals surface area contributed by atoms with E-state index < -0.39 is 12.1 Å². The summed E-state index contributed by atoms with van der Waals surface area (Å²) in [5, 5.41) is 9.45. The van der Waals surface area contributed by atoms with Crippen molar-refractivity contribution >= 4 is 12.0 Å². The third kappa shape index (κ3) is 2.89. The van der Waals surface area contributed by atoms with E-state index in [1.54, 1.807) is 6.08 Å². The van der Waals surface area contributed by atoms with Crippen LogP contribution >= 0.6 is 0 Å². The number of carbonyl (C=O) groups is 1. The van der Waals surface area contributed by atoms with Gasteiger partial charge in [-0.3, -0.25) is 0 Å². The predicted molar refractivity (Wildman–Crippen MR) is 86.0 cm³/mol. The molecule has 0 saturated carbocycles. The molecular weight excluding hydrogens is 276 g/mol. The smallest absolute Gasteiger partial charge is 0.335 e. The van der Waals surface area contributed by atoms with Gasteiger partial charge in [0.15, 0.2) is 0 Å². The molecule has 0 radical (unpaired) electrons. The number of aryl methyl sites for hydroxylation is 2. The van der Waals surface area contributed by atoms with Gasteiger partial charge >= 0.3 is 5.97 Å². The molecule has 1 atom stereocenters. The van der Waals surface area contributed by atoms with Gasteiger partial charge in [0.05, 0.1) is 5.57 Å². The molecule has 0 spiro atoms. The number of ether oxygens (including phenoxy) is 1. The molecule has 1 heterocycles. The lowest BCUT2D eigenvalue weighted by molar-refractivity contribution is -0.133. The van der Waals surface area contributed by atoms with Crippen LogP contribution in [0.5, 0.6) is 5.75 Å². The van der Waals surface area contributed by atoms with Gasteiger partial charge in [-0.1, -0.05) is 48.5 Å². The van der Waals surface area contributed by atoms with Crippen molar-refractivity contribution in [3.05, 3.63) is 70.8 Å². The Morgan fingerprint density at radius 3 is 2.64 bits per heavy atom. The molecule has 2 aromatic rings. The first-order chi connectivity index (χ1) is 10.6. The molecule has 0 aromatic heterocycles. The van der Waals surface area contributed by atoms with Gasteiger partial charge in [0.2, 0.25) is 0 Å². The second kappa shape index (κ2) is 6.06. The Kier molecular flexibility index (Phi) is 3.96. The molecule has 1 unspecified atom stereocenters. The number of benzene rings is 2. The zero-order valence-electron chi connectivity index (χ0n) is 12.5. The molecule has 1 aliphatic rings. The van der Waals surface area contributed by atoms with Gasteiger partial charge in [-0.05, 0) is 37.0 Å². The van der Waals surface area contributed by atoms with Crippen LogP contribution in [0.2, 0.25) is 0 Å². The SMILES string of the molecule is Cc1cccc2c1OC(CCc1ccccc1)C(C(=O)O)=C2. The van der Waals surface area contributed by atoms with Gasteiger partial charge in [-0.25, -0.2) is 4.79 Å². The van der Waals surface area contributed by atoms with Crippen LogP contribution in [0.4, 0.5) is 0 Å². The summed E-state index contributed by atoms with van der Waals surface area (Å²) in [6.07, 6.45) is 2.77. The normalized spacial score (nSPS) is 16.4. The van der Waals surface area contributed by atoms with E-state index >= 15 is 0 Å². The average Bonchev–Trinajstić information content (AvgIpc) is 2.53. The van der Waals surface area contributed by atoms with Crippen molar-refractivity contribution in [2.24, 2.45) is 0 Å². The van der Waals surface area contributed by atoms with Gasteiger partial charge in [-0.15, -0.1) is 0 Å². The van der Waals surface area contributed by atoms with E-state index in [-0.39, 0.29) is 0 Å². The highest BCUT2D eigenvalue weighted by molar-refractivity contribution is 5.94. The fourth-order valence-electron chi connectivity index (χ4n) is 2.77. The summed E-state index contributed by atoms with van der Waals surface area (Å²) in [5.74, 6) is -0.115. The average molecular weight is 294 g/mol. The topological polar surface area (TPSA) is 46.5 Å². The summed E-state index contributed by atoms with van der Waals surface area (Å²) in [6.45, 7) is 1.98. The first-order valence-electron chi connectivity index (χ1n) is 7.40. The summed E-state index contributed by atoms with van der Waals surface area (Å²) >= 11 is 0. The maximum atomic E-state index is 11.5. The van der Waals surface area contributed by atoms with Crippen molar-refractivity contribution in [2.45, 2.75) is 25.9 Å². The molecule has 112 valence electrons. The second-order valence-corrected chi connectivity index (χ2v) is 5.53. The Bertz CT molecular complexity index is 717. The van der Waals surface area contributed by atoms with Crippen molar-refractivity contribution in [3.8, 4) is 5.75 Å².